The molecule has 1 heterocycles. The number of carbonyl (C=O) groups excluding carboxylic acids is 1. The Kier molecular flexibility index (Phi) is 8.64. The van der Waals surface area contributed by atoms with E-state index in [1.807, 2.05) is 31.2 Å². The van der Waals surface area contributed by atoms with E-state index in [0.29, 0.717) is 9.90 Å². The number of amides is 1. The molecule has 0 spiro atoms. The Hall–Kier alpha value is -0.850. The topological polar surface area (TPSA) is 68.0 Å². The molecule has 138 valence electrons. The predicted octanol–water partition coefficient (Wildman–Crippen LogP) is 4.62. The largest absolute Gasteiger partial charge is 0.349 e. The van der Waals surface area contributed by atoms with Gasteiger partial charge in [0.05, 0.1) is 5.69 Å². The van der Waals surface area contributed by atoms with Crippen LogP contribution in [0.1, 0.15) is 41.0 Å². The Morgan fingerprint density at radius 2 is 1.80 bits per heavy atom. The van der Waals surface area contributed by atoms with Crippen molar-refractivity contribution < 1.29 is 4.79 Å². The van der Waals surface area contributed by atoms with Crippen LogP contribution in [0.2, 0.25) is 5.02 Å². The number of hydrogen-bond acceptors (Lipinski definition) is 4. The van der Waals surface area contributed by atoms with Crippen LogP contribution in [0.4, 0.5) is 0 Å². The summed E-state index contributed by atoms with van der Waals surface area (Å²) in [5.41, 5.74) is 7.66. The molecule has 1 aliphatic carbocycles. The maximum absolute atomic E-state index is 12.5. The third-order valence-electron chi connectivity index (χ3n) is 4.20. The molecule has 0 atom stereocenters. The highest BCUT2D eigenvalue weighted by Crippen LogP contribution is 2.29. The van der Waals surface area contributed by atoms with E-state index in [2.05, 4.69) is 10.3 Å². The first-order valence-electron chi connectivity index (χ1n) is 7.82. The molecular formula is C17H22Cl3N3OS. The summed E-state index contributed by atoms with van der Waals surface area (Å²) in [6.07, 6.45) is 3.86. The first-order chi connectivity index (χ1) is 11.0. The van der Waals surface area contributed by atoms with Crippen LogP contribution in [0.15, 0.2) is 24.3 Å². The Balaban J connectivity index is 0.00000156. The molecule has 0 unspecified atom stereocenters. The molecule has 25 heavy (non-hydrogen) atoms. The molecule has 1 aromatic carbocycles. The van der Waals surface area contributed by atoms with Crippen molar-refractivity contribution in [2.75, 3.05) is 0 Å². The van der Waals surface area contributed by atoms with Crippen LogP contribution in [0.25, 0.3) is 10.6 Å². The third-order valence-corrected chi connectivity index (χ3v) is 5.66. The lowest BCUT2D eigenvalue weighted by Gasteiger charge is -2.26. The fourth-order valence-corrected chi connectivity index (χ4v) is 3.94. The number of thiazole rings is 1. The quantitative estimate of drug-likeness (QED) is 0.758. The lowest BCUT2D eigenvalue weighted by Crippen LogP contribution is -2.40. The van der Waals surface area contributed by atoms with Gasteiger partial charge in [-0.2, -0.15) is 0 Å². The number of carbonyl (C=O) groups is 1. The summed E-state index contributed by atoms with van der Waals surface area (Å²) in [6, 6.07) is 8.01. The maximum atomic E-state index is 12.5. The summed E-state index contributed by atoms with van der Waals surface area (Å²) in [5.74, 6) is -0.0271. The zero-order valence-corrected chi connectivity index (χ0v) is 17.0. The van der Waals surface area contributed by atoms with Crippen molar-refractivity contribution in [3.05, 3.63) is 39.9 Å². The van der Waals surface area contributed by atoms with Crippen LogP contribution in [0.5, 0.6) is 0 Å². The van der Waals surface area contributed by atoms with Crippen LogP contribution < -0.4 is 11.1 Å². The van der Waals surface area contributed by atoms with Crippen molar-refractivity contribution in [3.63, 3.8) is 0 Å². The van der Waals surface area contributed by atoms with E-state index in [1.165, 1.54) is 11.3 Å². The summed E-state index contributed by atoms with van der Waals surface area (Å²) in [5, 5.41) is 4.66. The lowest BCUT2D eigenvalue weighted by molar-refractivity contribution is 0.0929. The van der Waals surface area contributed by atoms with Gasteiger partial charge in [-0.25, -0.2) is 4.98 Å². The molecule has 0 radical (unpaired) electrons. The van der Waals surface area contributed by atoms with Gasteiger partial charge in [0.2, 0.25) is 0 Å². The highest BCUT2D eigenvalue weighted by atomic mass is 35.5. The van der Waals surface area contributed by atoms with Gasteiger partial charge in [0, 0.05) is 22.7 Å². The molecule has 0 saturated heterocycles. The lowest BCUT2D eigenvalue weighted by atomic mass is 9.92. The third kappa shape index (κ3) is 5.56. The Morgan fingerprint density at radius 3 is 2.40 bits per heavy atom. The summed E-state index contributed by atoms with van der Waals surface area (Å²) in [6.45, 7) is 1.88. The minimum Gasteiger partial charge on any atom is -0.349 e. The Labute approximate surface area is 169 Å². The average Bonchev–Trinajstić information content (AvgIpc) is 2.92. The smallest absolute Gasteiger partial charge is 0.263 e. The predicted molar refractivity (Wildman–Crippen MR) is 109 cm³/mol. The Morgan fingerprint density at radius 1 is 1.20 bits per heavy atom. The Bertz CT molecular complexity index is 698. The van der Waals surface area contributed by atoms with E-state index in [4.69, 9.17) is 17.3 Å². The maximum Gasteiger partial charge on any atom is 0.263 e. The minimum atomic E-state index is -0.0271. The highest BCUT2D eigenvalue weighted by Gasteiger charge is 2.23. The van der Waals surface area contributed by atoms with Gasteiger partial charge in [0.15, 0.2) is 0 Å². The second-order valence-electron chi connectivity index (χ2n) is 6.03. The summed E-state index contributed by atoms with van der Waals surface area (Å²) >= 11 is 7.34. The van der Waals surface area contributed by atoms with Crippen LogP contribution in [-0.2, 0) is 0 Å². The number of nitrogens with two attached hydrogens (primary N) is 1. The van der Waals surface area contributed by atoms with E-state index < -0.39 is 0 Å². The molecule has 1 saturated carbocycles. The summed E-state index contributed by atoms with van der Waals surface area (Å²) in [4.78, 5) is 17.7. The molecule has 0 aliphatic heterocycles. The standard InChI is InChI=1S/C17H20ClN3OS.2ClH/c1-10-15(16(22)21-14-8-6-13(19)7-9-14)23-17(20-10)11-2-4-12(18)5-3-11;;/h2-5,13-14H,6-9,19H2,1H3,(H,21,22);2*1H. The fourth-order valence-electron chi connectivity index (χ4n) is 2.84. The summed E-state index contributed by atoms with van der Waals surface area (Å²) < 4.78 is 0. The number of halogens is 3. The van der Waals surface area contributed by atoms with Gasteiger partial charge in [0.1, 0.15) is 9.88 Å². The van der Waals surface area contributed by atoms with E-state index in [1.54, 1.807) is 0 Å². The van der Waals surface area contributed by atoms with Crippen LogP contribution in [0.3, 0.4) is 0 Å². The molecule has 1 aromatic heterocycles. The zero-order chi connectivity index (χ0) is 16.4. The summed E-state index contributed by atoms with van der Waals surface area (Å²) in [7, 11) is 0. The molecule has 8 heteroatoms. The van der Waals surface area contributed by atoms with Crippen LogP contribution in [0, 0.1) is 6.92 Å². The monoisotopic (exact) mass is 421 g/mol. The van der Waals surface area contributed by atoms with Crippen molar-refractivity contribution in [2.24, 2.45) is 5.73 Å². The number of hydrogen-bond donors (Lipinski definition) is 2. The number of nitrogens with one attached hydrogen (secondary N) is 1. The van der Waals surface area contributed by atoms with E-state index >= 15 is 0 Å². The van der Waals surface area contributed by atoms with Crippen LogP contribution in [-0.4, -0.2) is 23.0 Å². The van der Waals surface area contributed by atoms with E-state index in [9.17, 15) is 4.79 Å². The van der Waals surface area contributed by atoms with Crippen molar-refractivity contribution in [1.29, 1.82) is 0 Å². The second kappa shape index (κ2) is 9.74. The zero-order valence-electron chi connectivity index (χ0n) is 13.8. The second-order valence-corrected chi connectivity index (χ2v) is 7.46. The van der Waals surface area contributed by atoms with Gasteiger partial charge in [-0.05, 0) is 44.7 Å². The van der Waals surface area contributed by atoms with Crippen molar-refractivity contribution in [3.8, 4) is 10.6 Å². The number of nitrogens with zero attached hydrogens (tertiary/aromatic N) is 1. The molecule has 1 amide bonds. The normalized spacial score (nSPS) is 19.5. The SMILES string of the molecule is Cc1nc(-c2ccc(Cl)cc2)sc1C(=O)NC1CCC(N)CC1.Cl.Cl. The number of aromatic nitrogens is 1. The van der Waals surface area contributed by atoms with Gasteiger partial charge in [-0.15, -0.1) is 36.2 Å². The molecule has 0 bridgehead atoms. The first kappa shape index (κ1) is 22.2. The molecule has 3 rings (SSSR count). The molecule has 1 aliphatic rings. The van der Waals surface area contributed by atoms with Gasteiger partial charge in [0.25, 0.3) is 5.91 Å². The number of rotatable bonds is 3. The van der Waals surface area contributed by atoms with Gasteiger partial charge < -0.3 is 11.1 Å². The van der Waals surface area contributed by atoms with Crippen molar-refractivity contribution in [1.82, 2.24) is 10.3 Å². The van der Waals surface area contributed by atoms with Gasteiger partial charge in [-0.3, -0.25) is 4.79 Å². The van der Waals surface area contributed by atoms with Crippen molar-refractivity contribution >= 4 is 53.7 Å². The molecule has 4 nitrogen and oxygen atoms in total. The first-order valence-corrected chi connectivity index (χ1v) is 9.02. The average molecular weight is 423 g/mol. The van der Waals surface area contributed by atoms with Crippen molar-refractivity contribution in [2.45, 2.75) is 44.7 Å². The minimum absolute atomic E-state index is 0. The van der Waals surface area contributed by atoms with E-state index in [-0.39, 0.29) is 42.8 Å². The van der Waals surface area contributed by atoms with E-state index in [0.717, 1.165) is 41.9 Å². The molecule has 3 N–H and O–H groups in total. The number of aryl methyl sites for hydroxylation is 1. The molecular weight excluding hydrogens is 401 g/mol. The van der Waals surface area contributed by atoms with Crippen LogP contribution >= 0.6 is 47.8 Å². The number of benzene rings is 1. The highest BCUT2D eigenvalue weighted by molar-refractivity contribution is 7.17. The van der Waals surface area contributed by atoms with Gasteiger partial charge >= 0.3 is 0 Å². The molecule has 2 aromatic rings. The van der Waals surface area contributed by atoms with Gasteiger partial charge in [-0.1, -0.05) is 23.7 Å². The fraction of sp³-hybridized carbons (Fsp3) is 0.412. The molecule has 1 fully saturated rings.